The second-order valence-corrected chi connectivity index (χ2v) is 6.15. The predicted octanol–water partition coefficient (Wildman–Crippen LogP) is 3.11. The van der Waals surface area contributed by atoms with Crippen molar-refractivity contribution in [3.8, 4) is 0 Å². The molecule has 3 nitrogen and oxygen atoms in total. The van der Waals surface area contributed by atoms with E-state index < -0.39 is 5.82 Å². The van der Waals surface area contributed by atoms with Crippen molar-refractivity contribution >= 4 is 11.6 Å². The molecule has 0 aromatic heterocycles. The Hall–Kier alpha value is -1.58. The quantitative estimate of drug-likeness (QED) is 0.806. The topological polar surface area (TPSA) is 55.1 Å². The van der Waals surface area contributed by atoms with E-state index in [1.807, 2.05) is 0 Å². The molecule has 0 unspecified atom stereocenters. The molecule has 4 heteroatoms. The SMILES string of the molecule is CC1(C)CCC(NC(=O)c2ccc(N)c(F)c2)CC1. The summed E-state index contributed by atoms with van der Waals surface area (Å²) in [5, 5.41) is 2.97. The fraction of sp³-hybridized carbons (Fsp3) is 0.533. The largest absolute Gasteiger partial charge is 0.396 e. The van der Waals surface area contributed by atoms with Crippen LogP contribution in [0.15, 0.2) is 18.2 Å². The Bertz CT molecular complexity index is 475. The van der Waals surface area contributed by atoms with Crippen molar-refractivity contribution in [2.24, 2.45) is 5.41 Å². The van der Waals surface area contributed by atoms with Gasteiger partial charge in [0.25, 0.3) is 5.91 Å². The fourth-order valence-corrected chi connectivity index (χ4v) is 2.48. The van der Waals surface area contributed by atoms with E-state index in [0.29, 0.717) is 11.0 Å². The highest BCUT2D eigenvalue weighted by atomic mass is 19.1. The molecule has 0 atom stereocenters. The zero-order valence-electron chi connectivity index (χ0n) is 11.5. The molecule has 1 aliphatic rings. The number of halogens is 1. The minimum absolute atomic E-state index is 0.0657. The zero-order chi connectivity index (χ0) is 14.0. The van der Waals surface area contributed by atoms with Crippen LogP contribution in [-0.2, 0) is 0 Å². The third kappa shape index (κ3) is 3.46. The van der Waals surface area contributed by atoms with E-state index in [4.69, 9.17) is 5.73 Å². The van der Waals surface area contributed by atoms with Gasteiger partial charge in [-0.1, -0.05) is 13.8 Å². The lowest BCUT2D eigenvalue weighted by atomic mass is 9.75. The van der Waals surface area contributed by atoms with Crippen molar-refractivity contribution < 1.29 is 9.18 Å². The number of hydrogen-bond donors (Lipinski definition) is 2. The molecule has 1 saturated carbocycles. The summed E-state index contributed by atoms with van der Waals surface area (Å²) in [4.78, 5) is 12.0. The van der Waals surface area contributed by atoms with Crippen LogP contribution in [0.25, 0.3) is 0 Å². The number of nitrogen functional groups attached to an aromatic ring is 1. The minimum atomic E-state index is -0.544. The highest BCUT2D eigenvalue weighted by Crippen LogP contribution is 2.35. The lowest BCUT2D eigenvalue weighted by molar-refractivity contribution is 0.0908. The molecular formula is C15H21FN2O. The predicted molar refractivity (Wildman–Crippen MR) is 74.3 cm³/mol. The van der Waals surface area contributed by atoms with Crippen LogP contribution in [0.2, 0.25) is 0 Å². The number of nitrogens with one attached hydrogen (secondary N) is 1. The first-order valence-corrected chi connectivity index (χ1v) is 6.73. The van der Waals surface area contributed by atoms with Gasteiger partial charge in [-0.15, -0.1) is 0 Å². The van der Waals surface area contributed by atoms with Crippen LogP contribution in [0.4, 0.5) is 10.1 Å². The number of anilines is 1. The van der Waals surface area contributed by atoms with Crippen LogP contribution >= 0.6 is 0 Å². The molecule has 19 heavy (non-hydrogen) atoms. The van der Waals surface area contributed by atoms with Gasteiger partial charge in [-0.3, -0.25) is 4.79 Å². The number of carbonyl (C=O) groups excluding carboxylic acids is 1. The standard InChI is InChI=1S/C15H21FN2O/c1-15(2)7-5-11(6-8-15)18-14(19)10-3-4-13(17)12(16)9-10/h3-4,9,11H,5-8,17H2,1-2H3,(H,18,19). The van der Waals surface area contributed by atoms with Crippen LogP contribution in [0, 0.1) is 11.2 Å². The summed E-state index contributed by atoms with van der Waals surface area (Å²) in [6, 6.07) is 4.37. The molecule has 104 valence electrons. The van der Waals surface area contributed by atoms with E-state index in [9.17, 15) is 9.18 Å². The Balaban J connectivity index is 1.96. The molecule has 0 heterocycles. The van der Waals surface area contributed by atoms with Gasteiger partial charge in [0.2, 0.25) is 0 Å². The van der Waals surface area contributed by atoms with Crippen molar-refractivity contribution in [3.05, 3.63) is 29.6 Å². The first-order valence-electron chi connectivity index (χ1n) is 6.73. The van der Waals surface area contributed by atoms with Gasteiger partial charge in [0, 0.05) is 11.6 Å². The molecule has 1 aliphatic carbocycles. The summed E-state index contributed by atoms with van der Waals surface area (Å²) in [7, 11) is 0. The maximum atomic E-state index is 13.3. The third-order valence-corrected chi connectivity index (χ3v) is 3.94. The Labute approximate surface area is 113 Å². The Morgan fingerprint density at radius 1 is 1.37 bits per heavy atom. The van der Waals surface area contributed by atoms with E-state index in [1.165, 1.54) is 12.1 Å². The number of nitrogens with two attached hydrogens (primary N) is 1. The summed E-state index contributed by atoms with van der Waals surface area (Å²) in [6.07, 6.45) is 4.18. The third-order valence-electron chi connectivity index (χ3n) is 3.94. The summed E-state index contributed by atoms with van der Waals surface area (Å²) < 4.78 is 13.3. The van der Waals surface area contributed by atoms with Crippen LogP contribution < -0.4 is 11.1 Å². The molecule has 0 radical (unpaired) electrons. The molecule has 2 rings (SSSR count). The summed E-state index contributed by atoms with van der Waals surface area (Å²) >= 11 is 0. The van der Waals surface area contributed by atoms with E-state index in [2.05, 4.69) is 19.2 Å². The maximum absolute atomic E-state index is 13.3. The molecule has 1 aromatic carbocycles. The molecular weight excluding hydrogens is 243 g/mol. The number of amides is 1. The second kappa shape index (κ2) is 5.19. The van der Waals surface area contributed by atoms with E-state index >= 15 is 0 Å². The highest BCUT2D eigenvalue weighted by molar-refractivity contribution is 5.94. The molecule has 0 bridgehead atoms. The van der Waals surface area contributed by atoms with Crippen LogP contribution in [0.1, 0.15) is 49.9 Å². The Morgan fingerprint density at radius 3 is 2.58 bits per heavy atom. The van der Waals surface area contributed by atoms with Gasteiger partial charge < -0.3 is 11.1 Å². The Kier molecular flexibility index (Phi) is 3.78. The summed E-state index contributed by atoms with van der Waals surface area (Å²) in [5.41, 5.74) is 6.16. The monoisotopic (exact) mass is 264 g/mol. The van der Waals surface area contributed by atoms with E-state index in [0.717, 1.165) is 25.7 Å². The first kappa shape index (κ1) is 13.8. The first-order chi connectivity index (χ1) is 8.87. The van der Waals surface area contributed by atoms with Gasteiger partial charge in [-0.05, 0) is 49.3 Å². The molecule has 1 fully saturated rings. The van der Waals surface area contributed by atoms with Gasteiger partial charge in [0.1, 0.15) is 5.82 Å². The van der Waals surface area contributed by atoms with Gasteiger partial charge in [0.15, 0.2) is 0 Å². The fourth-order valence-electron chi connectivity index (χ4n) is 2.48. The normalized spacial score (nSPS) is 19.1. The van der Waals surface area contributed by atoms with Crippen molar-refractivity contribution in [1.29, 1.82) is 0 Å². The number of benzene rings is 1. The van der Waals surface area contributed by atoms with Gasteiger partial charge in [-0.2, -0.15) is 0 Å². The molecule has 0 aliphatic heterocycles. The van der Waals surface area contributed by atoms with Crippen molar-refractivity contribution in [1.82, 2.24) is 5.32 Å². The lowest BCUT2D eigenvalue weighted by Gasteiger charge is -2.34. The van der Waals surface area contributed by atoms with Crippen LogP contribution in [0.3, 0.4) is 0 Å². The zero-order valence-corrected chi connectivity index (χ0v) is 11.5. The lowest BCUT2D eigenvalue weighted by Crippen LogP contribution is -2.39. The van der Waals surface area contributed by atoms with Gasteiger partial charge in [-0.25, -0.2) is 4.39 Å². The Morgan fingerprint density at radius 2 is 2.00 bits per heavy atom. The van der Waals surface area contributed by atoms with Crippen molar-refractivity contribution in [2.45, 2.75) is 45.6 Å². The smallest absolute Gasteiger partial charge is 0.251 e. The minimum Gasteiger partial charge on any atom is -0.396 e. The number of carbonyl (C=O) groups is 1. The summed E-state index contributed by atoms with van der Waals surface area (Å²) in [6.45, 7) is 4.50. The molecule has 3 N–H and O–H groups in total. The van der Waals surface area contributed by atoms with E-state index in [-0.39, 0.29) is 17.6 Å². The van der Waals surface area contributed by atoms with Gasteiger partial charge in [0.05, 0.1) is 5.69 Å². The molecule has 0 spiro atoms. The van der Waals surface area contributed by atoms with Crippen molar-refractivity contribution in [2.75, 3.05) is 5.73 Å². The highest BCUT2D eigenvalue weighted by Gasteiger charge is 2.27. The number of hydrogen-bond acceptors (Lipinski definition) is 2. The summed E-state index contributed by atoms with van der Waals surface area (Å²) in [5.74, 6) is -0.763. The van der Waals surface area contributed by atoms with Gasteiger partial charge >= 0.3 is 0 Å². The maximum Gasteiger partial charge on any atom is 0.251 e. The number of rotatable bonds is 2. The molecule has 1 amide bonds. The average molecular weight is 264 g/mol. The van der Waals surface area contributed by atoms with Crippen LogP contribution in [-0.4, -0.2) is 11.9 Å². The molecule has 0 saturated heterocycles. The second-order valence-electron chi connectivity index (χ2n) is 6.15. The van der Waals surface area contributed by atoms with E-state index in [1.54, 1.807) is 6.07 Å². The van der Waals surface area contributed by atoms with Crippen molar-refractivity contribution in [3.63, 3.8) is 0 Å². The molecule has 1 aromatic rings. The average Bonchev–Trinajstić information content (AvgIpc) is 2.35. The van der Waals surface area contributed by atoms with Crippen LogP contribution in [0.5, 0.6) is 0 Å².